The first-order chi connectivity index (χ1) is 4.88. The van der Waals surface area contributed by atoms with Crippen LogP contribution in [0.5, 0.6) is 0 Å². The monoisotopic (exact) mass is 186 g/mol. The molecule has 0 amide bonds. The Bertz CT molecular complexity index is 175. The fraction of sp³-hybridized carbons (Fsp3) is 0.600. The molecule has 0 aliphatic rings. The van der Waals surface area contributed by atoms with Gasteiger partial charge in [0, 0.05) is 0 Å². The Hall–Kier alpha value is -0.710. The van der Waals surface area contributed by atoms with E-state index in [-0.39, 0.29) is 0 Å². The van der Waals surface area contributed by atoms with Crippen LogP contribution >= 0.6 is 11.6 Å². The first-order valence-corrected chi connectivity index (χ1v) is 2.92. The maximum atomic E-state index is 11.8. The average Bonchev–Trinajstić information content (AvgIpc) is 1.85. The van der Waals surface area contributed by atoms with Crippen molar-refractivity contribution < 1.29 is 23.1 Å². The normalized spacial score (nSPS) is 10.9. The summed E-state index contributed by atoms with van der Waals surface area (Å²) in [6.45, 7) is 0. The van der Waals surface area contributed by atoms with Crippen LogP contribution in [-0.4, -0.2) is 24.2 Å². The van der Waals surface area contributed by atoms with E-state index in [2.05, 4.69) is 16.3 Å². The summed E-state index contributed by atoms with van der Waals surface area (Å²) >= 11 is 4.29. The predicted molar refractivity (Wildman–Crippen MR) is 32.4 cm³/mol. The first-order valence-electron chi connectivity index (χ1n) is 2.54. The van der Waals surface area contributed by atoms with Gasteiger partial charge in [0.25, 0.3) is 0 Å². The smallest absolute Gasteiger partial charge is 0.381 e. The van der Waals surface area contributed by atoms with Crippen LogP contribution in [-0.2, 0) is 14.3 Å². The highest BCUT2D eigenvalue weighted by Gasteiger charge is 2.36. The largest absolute Gasteiger partial charge is 0.469 e. The van der Waals surface area contributed by atoms with E-state index in [0.717, 1.165) is 7.11 Å². The number of ketones is 1. The molecule has 0 saturated heterocycles. The summed E-state index contributed by atoms with van der Waals surface area (Å²) in [5, 5.41) is -3.98. The van der Waals surface area contributed by atoms with Crippen LogP contribution in [0.25, 0.3) is 0 Å². The summed E-state index contributed by atoms with van der Waals surface area (Å²) in [5.74, 6) is -2.69. The number of hydrogen-bond acceptors (Lipinski definition) is 3. The quantitative estimate of drug-likeness (QED) is 0.375. The van der Waals surface area contributed by atoms with Gasteiger partial charge < -0.3 is 4.74 Å². The maximum absolute atomic E-state index is 11.8. The van der Waals surface area contributed by atoms with E-state index >= 15 is 0 Å². The van der Waals surface area contributed by atoms with Crippen molar-refractivity contribution in [1.82, 2.24) is 0 Å². The van der Waals surface area contributed by atoms with Gasteiger partial charge in [0.1, 0.15) is 6.42 Å². The molecule has 0 aromatic carbocycles. The SMILES string of the molecule is COC(=O)CC(=O)C(F)(F)Cl. The van der Waals surface area contributed by atoms with Gasteiger partial charge in [-0.2, -0.15) is 8.78 Å². The molecule has 64 valence electrons. The zero-order valence-electron chi connectivity index (χ0n) is 5.57. The Balaban J connectivity index is 3.99. The van der Waals surface area contributed by atoms with Crippen LogP contribution < -0.4 is 0 Å². The molecular formula is C5H5ClF2O3. The topological polar surface area (TPSA) is 43.4 Å². The molecule has 0 spiro atoms. The van der Waals surface area contributed by atoms with Gasteiger partial charge in [0.15, 0.2) is 0 Å². The lowest BCUT2D eigenvalue weighted by Crippen LogP contribution is -2.24. The molecule has 0 heterocycles. The third-order valence-corrected chi connectivity index (χ3v) is 1.06. The second-order valence-corrected chi connectivity index (χ2v) is 2.15. The van der Waals surface area contributed by atoms with E-state index in [1.165, 1.54) is 0 Å². The highest BCUT2D eigenvalue weighted by Crippen LogP contribution is 2.21. The van der Waals surface area contributed by atoms with Crippen molar-refractivity contribution in [3.63, 3.8) is 0 Å². The zero-order chi connectivity index (χ0) is 9.07. The molecule has 0 radical (unpaired) electrons. The standard InChI is InChI=1S/C5H5ClF2O3/c1-11-4(10)2-3(9)5(6,7)8/h2H2,1H3. The van der Waals surface area contributed by atoms with E-state index in [1.54, 1.807) is 0 Å². The molecule has 11 heavy (non-hydrogen) atoms. The predicted octanol–water partition coefficient (Wildman–Crippen LogP) is 0.950. The summed E-state index contributed by atoms with van der Waals surface area (Å²) in [6, 6.07) is 0. The highest BCUT2D eigenvalue weighted by atomic mass is 35.5. The van der Waals surface area contributed by atoms with E-state index in [4.69, 9.17) is 0 Å². The Morgan fingerprint density at radius 3 is 2.27 bits per heavy atom. The van der Waals surface area contributed by atoms with Crippen molar-refractivity contribution in [1.29, 1.82) is 0 Å². The molecule has 0 bridgehead atoms. The van der Waals surface area contributed by atoms with Gasteiger partial charge in [0.05, 0.1) is 7.11 Å². The Morgan fingerprint density at radius 2 is 2.00 bits per heavy atom. The maximum Gasteiger partial charge on any atom is 0.381 e. The van der Waals surface area contributed by atoms with Crippen LogP contribution in [0, 0.1) is 0 Å². The van der Waals surface area contributed by atoms with Crippen LogP contribution in [0.1, 0.15) is 6.42 Å². The molecule has 0 fully saturated rings. The molecule has 0 aromatic heterocycles. The van der Waals surface area contributed by atoms with Crippen molar-refractivity contribution in [2.24, 2.45) is 0 Å². The molecule has 0 rings (SSSR count). The number of hydrogen-bond donors (Lipinski definition) is 0. The average molecular weight is 187 g/mol. The molecule has 0 aromatic rings. The molecule has 0 saturated carbocycles. The number of carbonyl (C=O) groups excluding carboxylic acids is 2. The van der Waals surface area contributed by atoms with Crippen molar-refractivity contribution in [2.75, 3.05) is 7.11 Å². The number of carbonyl (C=O) groups is 2. The van der Waals surface area contributed by atoms with Gasteiger partial charge in [-0.15, -0.1) is 0 Å². The Kier molecular flexibility index (Phi) is 3.38. The molecular weight excluding hydrogens is 182 g/mol. The summed E-state index contributed by atoms with van der Waals surface area (Å²) in [7, 11) is 0.988. The molecule has 6 heteroatoms. The Labute approximate surface area is 66.3 Å². The van der Waals surface area contributed by atoms with Crippen LogP contribution in [0.2, 0.25) is 0 Å². The number of ether oxygens (including phenoxy) is 1. The van der Waals surface area contributed by atoms with Gasteiger partial charge in [-0.1, -0.05) is 0 Å². The van der Waals surface area contributed by atoms with Crippen LogP contribution in [0.4, 0.5) is 8.78 Å². The third kappa shape index (κ3) is 3.87. The van der Waals surface area contributed by atoms with Crippen LogP contribution in [0.3, 0.4) is 0 Å². The molecule has 0 atom stereocenters. The van der Waals surface area contributed by atoms with E-state index in [1.807, 2.05) is 0 Å². The third-order valence-electron chi connectivity index (χ3n) is 0.849. The zero-order valence-corrected chi connectivity index (χ0v) is 6.32. The van der Waals surface area contributed by atoms with E-state index in [9.17, 15) is 18.4 Å². The van der Waals surface area contributed by atoms with E-state index < -0.39 is 23.6 Å². The lowest BCUT2D eigenvalue weighted by atomic mass is 10.3. The number of Topliss-reactive ketones (excluding diaryl/α,β-unsaturated/α-hetero) is 1. The fourth-order valence-electron chi connectivity index (χ4n) is 0.303. The fourth-order valence-corrected chi connectivity index (χ4v) is 0.370. The molecule has 3 nitrogen and oxygen atoms in total. The minimum Gasteiger partial charge on any atom is -0.469 e. The lowest BCUT2D eigenvalue weighted by molar-refractivity contribution is -0.147. The van der Waals surface area contributed by atoms with Gasteiger partial charge >= 0.3 is 11.4 Å². The molecule has 0 N–H and O–H groups in total. The van der Waals surface area contributed by atoms with Gasteiger partial charge in [-0.25, -0.2) is 0 Å². The molecule has 0 aliphatic carbocycles. The number of methoxy groups -OCH3 is 1. The summed E-state index contributed by atoms with van der Waals surface area (Å²) < 4.78 is 27.6. The summed E-state index contributed by atoms with van der Waals surface area (Å²) in [6.07, 6.45) is -1.01. The summed E-state index contributed by atoms with van der Waals surface area (Å²) in [5.41, 5.74) is 0. The minimum atomic E-state index is -3.98. The van der Waals surface area contributed by atoms with E-state index in [0.29, 0.717) is 0 Å². The van der Waals surface area contributed by atoms with Gasteiger partial charge in [-0.05, 0) is 11.6 Å². The second-order valence-electron chi connectivity index (χ2n) is 1.67. The first kappa shape index (κ1) is 10.3. The minimum absolute atomic E-state index is 0.988. The van der Waals surface area contributed by atoms with Gasteiger partial charge in [-0.3, -0.25) is 9.59 Å². The number of halogens is 3. The highest BCUT2D eigenvalue weighted by molar-refractivity contribution is 6.33. The van der Waals surface area contributed by atoms with Gasteiger partial charge in [0.2, 0.25) is 5.78 Å². The van der Waals surface area contributed by atoms with Crippen molar-refractivity contribution in [3.05, 3.63) is 0 Å². The number of alkyl halides is 3. The van der Waals surface area contributed by atoms with Crippen molar-refractivity contribution >= 4 is 23.4 Å². The lowest BCUT2D eigenvalue weighted by Gasteiger charge is -2.03. The molecule has 0 unspecified atom stereocenters. The summed E-state index contributed by atoms with van der Waals surface area (Å²) in [4.78, 5) is 20.5. The Morgan fingerprint density at radius 1 is 1.55 bits per heavy atom. The number of esters is 1. The van der Waals surface area contributed by atoms with Crippen LogP contribution in [0.15, 0.2) is 0 Å². The van der Waals surface area contributed by atoms with Crippen molar-refractivity contribution in [2.45, 2.75) is 11.8 Å². The second kappa shape index (κ2) is 3.61. The number of rotatable bonds is 3. The van der Waals surface area contributed by atoms with Crippen molar-refractivity contribution in [3.8, 4) is 0 Å². The molecule has 0 aliphatic heterocycles.